The van der Waals surface area contributed by atoms with Gasteiger partial charge in [-0.1, -0.05) is 65.0 Å². The Morgan fingerprint density at radius 1 is 0.950 bits per heavy atom. The lowest BCUT2D eigenvalue weighted by molar-refractivity contribution is 0.590. The van der Waals surface area contributed by atoms with E-state index in [2.05, 4.69) is 82.1 Å². The van der Waals surface area contributed by atoms with Crippen LogP contribution in [0.25, 0.3) is 10.9 Å². The molecule has 2 rings (SSSR count). The Labute approximate surface area is 122 Å². The molecule has 0 aliphatic carbocycles. The van der Waals surface area contributed by atoms with E-state index in [-0.39, 0.29) is 5.41 Å². The number of aromatic nitrogens is 1. The van der Waals surface area contributed by atoms with Crippen LogP contribution in [0, 0.1) is 0 Å². The van der Waals surface area contributed by atoms with E-state index in [0.29, 0.717) is 5.92 Å². The first-order chi connectivity index (χ1) is 9.38. The second-order valence-corrected chi connectivity index (χ2v) is 6.71. The van der Waals surface area contributed by atoms with E-state index in [1.807, 2.05) is 6.20 Å². The van der Waals surface area contributed by atoms with Gasteiger partial charge in [-0.3, -0.25) is 0 Å². The molecule has 0 unspecified atom stereocenters. The predicted molar refractivity (Wildman–Crippen MR) is 88.7 cm³/mol. The van der Waals surface area contributed by atoms with Gasteiger partial charge in [-0.2, -0.15) is 0 Å². The summed E-state index contributed by atoms with van der Waals surface area (Å²) in [6, 6.07) is 15.3. The molecule has 1 aromatic carbocycles. The zero-order chi connectivity index (χ0) is 14.8. The summed E-state index contributed by atoms with van der Waals surface area (Å²) in [6.45, 7) is 11.2. The molecule has 1 nitrogen and oxygen atoms in total. The third-order valence-electron chi connectivity index (χ3n) is 3.66. The number of aromatic amines is 1. The van der Waals surface area contributed by atoms with E-state index in [0.717, 1.165) is 0 Å². The molecule has 0 aliphatic rings. The van der Waals surface area contributed by atoms with Crippen LogP contribution in [-0.4, -0.2) is 4.98 Å². The molecule has 1 heteroatoms. The maximum Gasteiger partial charge on any atom is 0.0456 e. The first-order valence-corrected chi connectivity index (χ1v) is 7.34. The molecule has 1 aromatic heterocycles. The molecular weight excluding hydrogens is 242 g/mol. The van der Waals surface area contributed by atoms with Gasteiger partial charge in [-0.15, -0.1) is 0 Å². The number of fused-ring (bicyclic) bond motifs is 1. The molecule has 0 fully saturated rings. The molecule has 0 saturated carbocycles. The van der Waals surface area contributed by atoms with Crippen molar-refractivity contribution in [3.05, 3.63) is 59.8 Å². The van der Waals surface area contributed by atoms with Crippen LogP contribution in [0.3, 0.4) is 0 Å². The lowest BCUT2D eigenvalue weighted by atomic mass is 9.88. The van der Waals surface area contributed by atoms with E-state index in [4.69, 9.17) is 0 Å². The first-order valence-electron chi connectivity index (χ1n) is 7.34. The van der Waals surface area contributed by atoms with Gasteiger partial charge >= 0.3 is 0 Å². The Kier molecular flexibility index (Phi) is 4.17. The van der Waals surface area contributed by atoms with Crippen molar-refractivity contribution >= 4 is 10.9 Å². The Balaban J connectivity index is 2.64. The standard InChI is InChI=1S/C19H25N/c1-14(2)16-10-9-15-7-6-8-17(19(3,4)5)11-12-20-18(15)13-16/h6-14,20H,1-5H3. The van der Waals surface area contributed by atoms with Gasteiger partial charge in [0, 0.05) is 11.7 Å². The van der Waals surface area contributed by atoms with E-state index >= 15 is 0 Å². The molecule has 1 heterocycles. The highest BCUT2D eigenvalue weighted by Crippen LogP contribution is 2.22. The Morgan fingerprint density at radius 2 is 1.70 bits per heavy atom. The third-order valence-corrected chi connectivity index (χ3v) is 3.66. The van der Waals surface area contributed by atoms with Crippen molar-refractivity contribution in [3.8, 4) is 0 Å². The fraction of sp³-hybridized carbons (Fsp3) is 0.368. The molecule has 0 aliphatic heterocycles. The van der Waals surface area contributed by atoms with Crippen molar-refractivity contribution < 1.29 is 0 Å². The van der Waals surface area contributed by atoms with Crippen molar-refractivity contribution in [2.45, 2.75) is 46.0 Å². The van der Waals surface area contributed by atoms with Crippen LogP contribution in [0.1, 0.15) is 51.7 Å². The zero-order valence-corrected chi connectivity index (χ0v) is 13.2. The predicted octanol–water partition coefficient (Wildman–Crippen LogP) is 5.71. The quantitative estimate of drug-likeness (QED) is 0.680. The summed E-state index contributed by atoms with van der Waals surface area (Å²) in [6.07, 6.45) is 2.05. The fourth-order valence-electron chi connectivity index (χ4n) is 2.24. The molecule has 20 heavy (non-hydrogen) atoms. The molecule has 106 valence electrons. The summed E-state index contributed by atoms with van der Waals surface area (Å²) in [7, 11) is 0. The first kappa shape index (κ1) is 14.6. The Hall–Kier alpha value is -1.76. The molecule has 0 atom stereocenters. The number of rotatable bonds is 1. The molecule has 0 bridgehead atoms. The topological polar surface area (TPSA) is 15.8 Å². The van der Waals surface area contributed by atoms with Crippen molar-refractivity contribution in [3.63, 3.8) is 0 Å². The number of benzene rings is 1. The van der Waals surface area contributed by atoms with E-state index in [9.17, 15) is 0 Å². The summed E-state index contributed by atoms with van der Waals surface area (Å²) in [5.41, 5.74) is 4.01. The van der Waals surface area contributed by atoms with Gasteiger partial charge < -0.3 is 4.98 Å². The van der Waals surface area contributed by atoms with Gasteiger partial charge in [0.05, 0.1) is 0 Å². The minimum Gasteiger partial charge on any atom is -0.361 e. The molecule has 2 aromatic rings. The third kappa shape index (κ3) is 3.41. The SMILES string of the molecule is CC(C)c1ccc2cccc(C(C)(C)C)cc[nH]c2c1. The second-order valence-electron chi connectivity index (χ2n) is 6.71. The van der Waals surface area contributed by atoms with Crippen LogP contribution in [0.4, 0.5) is 0 Å². The van der Waals surface area contributed by atoms with Crippen LogP contribution in [0.5, 0.6) is 0 Å². The number of hydrogen-bond acceptors (Lipinski definition) is 0. The highest BCUT2D eigenvalue weighted by molar-refractivity contribution is 5.78. The zero-order valence-electron chi connectivity index (χ0n) is 13.2. The number of H-pyrrole nitrogens is 1. The molecule has 0 amide bonds. The summed E-state index contributed by atoms with van der Waals surface area (Å²) < 4.78 is 0. The van der Waals surface area contributed by atoms with Crippen LogP contribution in [0.2, 0.25) is 0 Å². The summed E-state index contributed by atoms with van der Waals surface area (Å²) in [4.78, 5) is 3.43. The minimum absolute atomic E-state index is 0.155. The highest BCUT2D eigenvalue weighted by atomic mass is 14.6. The van der Waals surface area contributed by atoms with Gasteiger partial charge in [0.2, 0.25) is 0 Å². The van der Waals surface area contributed by atoms with Gasteiger partial charge in [-0.25, -0.2) is 0 Å². The monoisotopic (exact) mass is 267 g/mol. The summed E-state index contributed by atoms with van der Waals surface area (Å²) >= 11 is 0. The van der Waals surface area contributed by atoms with Crippen molar-refractivity contribution in [1.29, 1.82) is 0 Å². The largest absolute Gasteiger partial charge is 0.361 e. The molecule has 0 saturated heterocycles. The van der Waals surface area contributed by atoms with E-state index in [1.165, 1.54) is 22.0 Å². The Bertz CT molecular complexity index is 640. The van der Waals surface area contributed by atoms with Crippen molar-refractivity contribution in [1.82, 2.24) is 4.98 Å². The van der Waals surface area contributed by atoms with E-state index < -0.39 is 0 Å². The number of nitrogens with one attached hydrogen (secondary N) is 1. The lowest BCUT2D eigenvalue weighted by Crippen LogP contribution is -2.09. The summed E-state index contributed by atoms with van der Waals surface area (Å²) in [5, 5.41) is 1.23. The Morgan fingerprint density at radius 3 is 2.35 bits per heavy atom. The maximum atomic E-state index is 3.43. The molecule has 0 spiro atoms. The van der Waals surface area contributed by atoms with E-state index in [1.54, 1.807) is 0 Å². The average molecular weight is 267 g/mol. The summed E-state index contributed by atoms with van der Waals surface area (Å²) in [5.74, 6) is 0.547. The molecule has 0 radical (unpaired) electrons. The van der Waals surface area contributed by atoms with Gasteiger partial charge in [0.15, 0.2) is 0 Å². The van der Waals surface area contributed by atoms with Crippen LogP contribution in [0.15, 0.2) is 48.7 Å². The van der Waals surface area contributed by atoms with Crippen LogP contribution in [-0.2, 0) is 5.41 Å². The minimum atomic E-state index is 0.155. The van der Waals surface area contributed by atoms with Crippen molar-refractivity contribution in [2.24, 2.45) is 0 Å². The average Bonchev–Trinajstić information content (AvgIpc) is 2.46. The van der Waals surface area contributed by atoms with Crippen LogP contribution < -0.4 is 0 Å². The molecular formula is C19H25N. The molecule has 1 N–H and O–H groups in total. The lowest BCUT2D eigenvalue weighted by Gasteiger charge is -2.17. The normalized spacial score (nSPS) is 11.7. The van der Waals surface area contributed by atoms with Gasteiger partial charge in [0.1, 0.15) is 0 Å². The maximum absolute atomic E-state index is 3.43. The second kappa shape index (κ2) is 5.70. The fourth-order valence-corrected chi connectivity index (χ4v) is 2.24. The van der Waals surface area contributed by atoms with Gasteiger partial charge in [0.25, 0.3) is 0 Å². The van der Waals surface area contributed by atoms with Crippen molar-refractivity contribution in [2.75, 3.05) is 0 Å². The number of hydrogen-bond donors (Lipinski definition) is 1. The smallest absolute Gasteiger partial charge is 0.0456 e. The highest BCUT2D eigenvalue weighted by Gasteiger charge is 2.11. The van der Waals surface area contributed by atoms with Crippen LogP contribution >= 0.6 is 0 Å². The van der Waals surface area contributed by atoms with Gasteiger partial charge in [-0.05, 0) is 40.0 Å².